The second-order valence-corrected chi connectivity index (χ2v) is 10.3. The van der Waals surface area contributed by atoms with E-state index in [0.717, 1.165) is 37.5 Å². The number of ether oxygens (including phenoxy) is 1. The van der Waals surface area contributed by atoms with E-state index in [1.165, 1.54) is 75.6 Å². The topological polar surface area (TPSA) is 32.8 Å². The van der Waals surface area contributed by atoms with E-state index < -0.39 is 0 Å². The Hall–Kier alpha value is -1.39. The molecule has 3 rings (SSSR count). The Labute approximate surface area is 231 Å². The van der Waals surface area contributed by atoms with E-state index in [2.05, 4.69) is 62.7 Å². The number of fused-ring (bicyclic) bond motifs is 1. The number of likely N-dealkylation sites (tertiary alicyclic amines) is 1. The lowest BCUT2D eigenvalue weighted by Crippen LogP contribution is -2.32. The molecule has 0 spiro atoms. The van der Waals surface area contributed by atoms with E-state index in [4.69, 9.17) is 4.74 Å². The lowest BCUT2D eigenvalue weighted by Gasteiger charge is -2.24. The largest absolute Gasteiger partial charge is 0.493 e. The number of hydrogen-bond acceptors (Lipinski definition) is 4. The maximum Gasteiger partial charge on any atom is 0.133 e. The highest BCUT2D eigenvalue weighted by Crippen LogP contribution is 2.37. The third kappa shape index (κ3) is 13.8. The molecule has 1 saturated heterocycles. The van der Waals surface area contributed by atoms with E-state index in [0.29, 0.717) is 18.5 Å². The number of unbranched alkanes of at least 4 members (excludes halogenated alkanes) is 2. The smallest absolute Gasteiger partial charge is 0.133 e. The number of rotatable bonds is 13. The van der Waals surface area contributed by atoms with Crippen LogP contribution < -0.4 is 4.74 Å². The van der Waals surface area contributed by atoms with Gasteiger partial charge in [-0.2, -0.15) is 0 Å². The highest BCUT2D eigenvalue weighted by Gasteiger charge is 2.33. The SMILES string of the molecule is CC.CC.CCCCN(C)CCCC.CCC[C@@H](C)CC1CC(c2ccc3c(c2)CCO3)CN1CC=O. The summed E-state index contributed by atoms with van der Waals surface area (Å²) >= 11 is 0. The third-order valence-corrected chi connectivity index (χ3v) is 7.26. The fourth-order valence-corrected chi connectivity index (χ4v) is 5.29. The quantitative estimate of drug-likeness (QED) is 0.246. The third-order valence-electron chi connectivity index (χ3n) is 7.26. The summed E-state index contributed by atoms with van der Waals surface area (Å²) in [6.45, 7) is 22.1. The molecule has 1 aromatic carbocycles. The number of aldehydes is 1. The molecule has 1 aromatic rings. The predicted molar refractivity (Wildman–Crippen MR) is 163 cm³/mol. The van der Waals surface area contributed by atoms with Gasteiger partial charge in [-0.3, -0.25) is 4.90 Å². The van der Waals surface area contributed by atoms with Crippen molar-refractivity contribution in [3.63, 3.8) is 0 Å². The Kier molecular flexibility index (Phi) is 21.7. The van der Waals surface area contributed by atoms with Gasteiger partial charge in [-0.1, -0.05) is 93.2 Å². The van der Waals surface area contributed by atoms with Crippen molar-refractivity contribution in [1.29, 1.82) is 0 Å². The zero-order chi connectivity index (χ0) is 28.1. The lowest BCUT2D eigenvalue weighted by molar-refractivity contribution is -0.109. The molecule has 2 heterocycles. The number of nitrogens with zero attached hydrogens (tertiary/aromatic N) is 2. The summed E-state index contributed by atoms with van der Waals surface area (Å²) in [5, 5.41) is 0. The first kappa shape index (κ1) is 35.6. The molecule has 3 atom stereocenters. The molecular formula is C33H62N2O2. The standard InChI is InChI=1S/C20H29NO2.C9H21N.2C2H6/c1-3-4-15(2)11-19-13-18(14-21(19)8-9-22)16-5-6-20-17(12-16)7-10-23-20;1-4-6-8-10(3)9-7-5-2;2*1-2/h5-6,9,12,15,18-19H,3-4,7-8,10-11,13-14H2,1-2H3;4-9H2,1-3H3;2*1-2H3/t15-,18?,19?;;;/m1.../s1. The Morgan fingerprint density at radius 1 is 1.05 bits per heavy atom. The minimum absolute atomic E-state index is 0.552. The van der Waals surface area contributed by atoms with Gasteiger partial charge in [0.25, 0.3) is 0 Å². The molecule has 0 amide bonds. The van der Waals surface area contributed by atoms with Crippen LogP contribution in [0.2, 0.25) is 0 Å². The van der Waals surface area contributed by atoms with Crippen LogP contribution in [0.15, 0.2) is 18.2 Å². The molecule has 0 saturated carbocycles. The van der Waals surface area contributed by atoms with E-state index in [1.54, 1.807) is 0 Å². The second kappa shape index (κ2) is 22.6. The van der Waals surface area contributed by atoms with Crippen LogP contribution >= 0.6 is 0 Å². The molecule has 2 aliphatic heterocycles. The molecule has 0 radical (unpaired) electrons. The van der Waals surface area contributed by atoms with Gasteiger partial charge in [0, 0.05) is 19.0 Å². The molecule has 4 nitrogen and oxygen atoms in total. The van der Waals surface area contributed by atoms with Crippen molar-refractivity contribution in [1.82, 2.24) is 9.80 Å². The molecule has 37 heavy (non-hydrogen) atoms. The van der Waals surface area contributed by atoms with Crippen LogP contribution in [0.4, 0.5) is 0 Å². The van der Waals surface area contributed by atoms with Gasteiger partial charge < -0.3 is 14.4 Å². The maximum absolute atomic E-state index is 11.1. The Morgan fingerprint density at radius 3 is 2.27 bits per heavy atom. The van der Waals surface area contributed by atoms with Crippen LogP contribution in [-0.4, -0.2) is 62.0 Å². The van der Waals surface area contributed by atoms with Crippen molar-refractivity contribution < 1.29 is 9.53 Å². The minimum atomic E-state index is 0.552. The van der Waals surface area contributed by atoms with Crippen LogP contribution in [-0.2, 0) is 11.2 Å². The van der Waals surface area contributed by atoms with Gasteiger partial charge in [0.2, 0.25) is 0 Å². The zero-order valence-corrected chi connectivity index (χ0v) is 26.2. The summed E-state index contributed by atoms with van der Waals surface area (Å²) in [4.78, 5) is 15.9. The first-order chi connectivity index (χ1) is 18.0. The number of carbonyl (C=O) groups is 1. The molecule has 216 valence electrons. The fourth-order valence-electron chi connectivity index (χ4n) is 5.29. The summed E-state index contributed by atoms with van der Waals surface area (Å²) in [5.74, 6) is 2.36. The predicted octanol–water partition coefficient (Wildman–Crippen LogP) is 8.38. The van der Waals surface area contributed by atoms with Gasteiger partial charge >= 0.3 is 0 Å². The fraction of sp³-hybridized carbons (Fsp3) is 0.788. The van der Waals surface area contributed by atoms with Crippen LogP contribution in [0.1, 0.15) is 124 Å². The van der Waals surface area contributed by atoms with Gasteiger partial charge in [-0.15, -0.1) is 0 Å². The van der Waals surface area contributed by atoms with Crippen molar-refractivity contribution in [3.8, 4) is 5.75 Å². The molecule has 0 bridgehead atoms. The van der Waals surface area contributed by atoms with Crippen LogP contribution in [0.25, 0.3) is 0 Å². The average molecular weight is 519 g/mol. The van der Waals surface area contributed by atoms with E-state index in [-0.39, 0.29) is 0 Å². The van der Waals surface area contributed by atoms with Crippen LogP contribution in [0.5, 0.6) is 5.75 Å². The lowest BCUT2D eigenvalue weighted by atomic mass is 9.90. The van der Waals surface area contributed by atoms with Gasteiger partial charge in [0.05, 0.1) is 13.2 Å². The van der Waals surface area contributed by atoms with Gasteiger partial charge in [0.15, 0.2) is 0 Å². The van der Waals surface area contributed by atoms with Crippen LogP contribution in [0, 0.1) is 5.92 Å². The summed E-state index contributed by atoms with van der Waals surface area (Å²) < 4.78 is 5.62. The molecule has 0 aromatic heterocycles. The maximum atomic E-state index is 11.1. The molecule has 2 aliphatic rings. The molecule has 1 fully saturated rings. The van der Waals surface area contributed by atoms with Crippen LogP contribution in [0.3, 0.4) is 0 Å². The monoisotopic (exact) mass is 518 g/mol. The average Bonchev–Trinajstić information content (AvgIpc) is 3.56. The highest BCUT2D eigenvalue weighted by molar-refractivity contribution is 5.52. The van der Waals surface area contributed by atoms with Crippen molar-refractivity contribution in [2.45, 2.75) is 125 Å². The normalized spacial score (nSPS) is 18.9. The highest BCUT2D eigenvalue weighted by atomic mass is 16.5. The van der Waals surface area contributed by atoms with E-state index in [1.807, 2.05) is 27.7 Å². The number of benzene rings is 1. The first-order valence-corrected chi connectivity index (χ1v) is 15.6. The second-order valence-electron chi connectivity index (χ2n) is 10.3. The number of hydrogen-bond donors (Lipinski definition) is 0. The molecule has 0 aliphatic carbocycles. The summed E-state index contributed by atoms with van der Waals surface area (Å²) in [6, 6.07) is 7.25. The van der Waals surface area contributed by atoms with Crippen molar-refractivity contribution >= 4 is 6.29 Å². The van der Waals surface area contributed by atoms with Gasteiger partial charge in [0.1, 0.15) is 12.0 Å². The van der Waals surface area contributed by atoms with Crippen molar-refractivity contribution in [3.05, 3.63) is 29.3 Å². The molecule has 4 heteroatoms. The Balaban J connectivity index is 0.000000783. The summed E-state index contributed by atoms with van der Waals surface area (Å²) in [6.07, 6.45) is 12.4. The van der Waals surface area contributed by atoms with Gasteiger partial charge in [-0.05, 0) is 74.8 Å². The molecule has 0 N–H and O–H groups in total. The van der Waals surface area contributed by atoms with Crippen molar-refractivity contribution in [2.75, 3.05) is 39.8 Å². The Morgan fingerprint density at radius 2 is 1.70 bits per heavy atom. The summed E-state index contributed by atoms with van der Waals surface area (Å²) in [5.41, 5.74) is 2.78. The van der Waals surface area contributed by atoms with Crippen molar-refractivity contribution in [2.24, 2.45) is 5.92 Å². The first-order valence-electron chi connectivity index (χ1n) is 15.6. The Bertz CT molecular complexity index is 670. The zero-order valence-electron chi connectivity index (χ0n) is 26.2. The van der Waals surface area contributed by atoms with Gasteiger partial charge in [-0.25, -0.2) is 0 Å². The summed E-state index contributed by atoms with van der Waals surface area (Å²) in [7, 11) is 2.21. The molecule has 2 unspecified atom stereocenters. The number of carbonyl (C=O) groups excluding carboxylic acids is 1. The molecular weight excluding hydrogens is 456 g/mol. The van der Waals surface area contributed by atoms with E-state index >= 15 is 0 Å². The minimum Gasteiger partial charge on any atom is -0.493 e. The van der Waals surface area contributed by atoms with E-state index in [9.17, 15) is 4.79 Å².